The van der Waals surface area contributed by atoms with E-state index in [2.05, 4.69) is 47.4 Å². The van der Waals surface area contributed by atoms with Gasteiger partial charge in [-0.15, -0.1) is 0 Å². The minimum atomic E-state index is -3.91. The summed E-state index contributed by atoms with van der Waals surface area (Å²) in [6, 6.07) is 21.6. The maximum Gasteiger partial charge on any atom is 0.288 e. The van der Waals surface area contributed by atoms with Gasteiger partial charge in [-0.25, -0.2) is 8.42 Å². The molecule has 0 aromatic heterocycles. The fourth-order valence-electron chi connectivity index (χ4n) is 8.18. The van der Waals surface area contributed by atoms with Crippen LogP contribution in [0.5, 0.6) is 5.75 Å². The third-order valence-corrected chi connectivity index (χ3v) is 12.8. The van der Waals surface area contributed by atoms with Gasteiger partial charge in [0, 0.05) is 44.6 Å². The number of ether oxygens (including phenoxy) is 3. The molecular formula is C40H49N3O7S. The zero-order chi connectivity index (χ0) is 35.4. The number of aliphatic hydroxyl groups excluding tert-OH is 1. The van der Waals surface area contributed by atoms with E-state index < -0.39 is 16.3 Å². The minimum Gasteiger partial charge on any atom is -0.497 e. The molecule has 3 heterocycles. The van der Waals surface area contributed by atoms with E-state index in [1.54, 1.807) is 12.1 Å². The number of hydrogen-bond donors (Lipinski definition) is 1. The third-order valence-electron chi connectivity index (χ3n) is 10.9. The quantitative estimate of drug-likeness (QED) is 0.215. The molecule has 0 bridgehead atoms. The van der Waals surface area contributed by atoms with Gasteiger partial charge in [0.2, 0.25) is 16.3 Å². The molecule has 3 aromatic rings. The van der Waals surface area contributed by atoms with Crippen molar-refractivity contribution in [2.24, 2.45) is 0 Å². The number of allylic oxidation sites excluding steroid dienone is 1. The number of fused-ring (bicyclic) bond motifs is 3. The van der Waals surface area contributed by atoms with Gasteiger partial charge >= 0.3 is 0 Å². The van der Waals surface area contributed by atoms with Crippen molar-refractivity contribution in [1.29, 1.82) is 0 Å². The van der Waals surface area contributed by atoms with Crippen LogP contribution >= 0.6 is 0 Å². The number of sulfonamides is 1. The lowest BCUT2D eigenvalue weighted by Gasteiger charge is -2.40. The Hall–Kier alpha value is -3.74. The van der Waals surface area contributed by atoms with Crippen molar-refractivity contribution in [3.05, 3.63) is 95.3 Å². The lowest BCUT2D eigenvalue weighted by Crippen LogP contribution is -2.49. The number of likely N-dealkylation sites (tertiary alicyclic amines) is 2. The van der Waals surface area contributed by atoms with Crippen LogP contribution in [0.1, 0.15) is 61.1 Å². The molecular weight excluding hydrogens is 667 g/mol. The molecule has 1 aliphatic carbocycles. The summed E-state index contributed by atoms with van der Waals surface area (Å²) in [7, 11) is -2.39. The predicted octanol–water partition coefficient (Wildman–Crippen LogP) is 5.16. The highest BCUT2D eigenvalue weighted by molar-refractivity contribution is 7.89. The van der Waals surface area contributed by atoms with Crippen LogP contribution in [0, 0.1) is 0 Å². The molecule has 11 heteroatoms. The molecule has 0 radical (unpaired) electrons. The molecule has 0 spiro atoms. The summed E-state index contributed by atoms with van der Waals surface area (Å²) in [5.74, 6) is 0.589. The lowest BCUT2D eigenvalue weighted by atomic mass is 9.87. The number of rotatable bonds is 12. The third kappa shape index (κ3) is 7.73. The second kappa shape index (κ2) is 15.9. The fourth-order valence-corrected chi connectivity index (χ4v) is 9.59. The van der Waals surface area contributed by atoms with E-state index in [9.17, 15) is 18.3 Å². The number of hydrogen-bond acceptors (Lipinski definition) is 8. The van der Waals surface area contributed by atoms with Gasteiger partial charge in [-0.1, -0.05) is 48.9 Å². The standard InChI is InChI=1S/C40H49N3O7S/c1-48-32-12-14-33(15-13-32)51(46,47)43(22-24-44)23-25-49-39-28-30(35-10-7-11-36-34-9-4-3-8-29(34)26-37(35)36)27-38(50-39)40(45)42-20-16-31(17-21-42)41-18-5-2-6-19-41/h3-4,7-15,27,30-31,39,44H,2,5-6,16-26,28H2,1H3/t30-,39+/m1/s1. The van der Waals surface area contributed by atoms with Crippen LogP contribution in [-0.4, -0.2) is 105 Å². The van der Waals surface area contributed by atoms with E-state index in [-0.39, 0.29) is 43.0 Å². The van der Waals surface area contributed by atoms with Crippen molar-refractivity contribution in [2.45, 2.75) is 68.1 Å². The van der Waals surface area contributed by atoms with E-state index in [4.69, 9.17) is 14.2 Å². The molecule has 2 atom stereocenters. The normalized spacial score (nSPS) is 21.2. The summed E-state index contributed by atoms with van der Waals surface area (Å²) in [4.78, 5) is 18.7. The zero-order valence-electron chi connectivity index (χ0n) is 29.4. The molecule has 0 unspecified atom stereocenters. The second-order valence-corrected chi connectivity index (χ2v) is 15.9. The van der Waals surface area contributed by atoms with Gasteiger partial charge in [-0.05, 0) is 103 Å². The molecule has 51 heavy (non-hydrogen) atoms. The van der Waals surface area contributed by atoms with E-state index in [0.29, 0.717) is 37.1 Å². The van der Waals surface area contributed by atoms with Gasteiger partial charge in [0.25, 0.3) is 5.91 Å². The largest absolute Gasteiger partial charge is 0.497 e. The van der Waals surface area contributed by atoms with Crippen LogP contribution < -0.4 is 4.74 Å². The van der Waals surface area contributed by atoms with E-state index >= 15 is 0 Å². The van der Waals surface area contributed by atoms with Crippen molar-refractivity contribution in [3.8, 4) is 16.9 Å². The molecule has 3 aliphatic heterocycles. The van der Waals surface area contributed by atoms with Crippen molar-refractivity contribution >= 4 is 15.9 Å². The second-order valence-electron chi connectivity index (χ2n) is 13.9. The number of carbonyl (C=O) groups excluding carboxylic acids is 1. The first-order valence-electron chi connectivity index (χ1n) is 18.3. The first-order valence-corrected chi connectivity index (χ1v) is 19.8. The average Bonchev–Trinajstić information content (AvgIpc) is 3.56. The number of carbonyl (C=O) groups is 1. The van der Waals surface area contributed by atoms with Gasteiger partial charge in [0.1, 0.15) is 5.75 Å². The summed E-state index contributed by atoms with van der Waals surface area (Å²) in [6.07, 6.45) is 8.24. The predicted molar refractivity (Wildman–Crippen MR) is 195 cm³/mol. The van der Waals surface area contributed by atoms with Crippen molar-refractivity contribution in [1.82, 2.24) is 14.1 Å². The molecule has 272 valence electrons. The van der Waals surface area contributed by atoms with Gasteiger partial charge in [0.15, 0.2) is 5.76 Å². The monoisotopic (exact) mass is 715 g/mol. The molecule has 4 aliphatic rings. The molecule has 1 N–H and O–H groups in total. The Balaban J connectivity index is 1.09. The number of piperidine rings is 2. The van der Waals surface area contributed by atoms with Crippen molar-refractivity contribution in [2.75, 3.05) is 59.6 Å². The fraction of sp³-hybridized carbons (Fsp3) is 0.475. The Morgan fingerprint density at radius 2 is 1.67 bits per heavy atom. The first-order chi connectivity index (χ1) is 24.9. The van der Waals surface area contributed by atoms with Crippen molar-refractivity contribution in [3.63, 3.8) is 0 Å². The highest BCUT2D eigenvalue weighted by Crippen LogP contribution is 2.43. The number of amides is 1. The summed E-state index contributed by atoms with van der Waals surface area (Å²) in [5.41, 5.74) is 6.16. The summed E-state index contributed by atoms with van der Waals surface area (Å²) >= 11 is 0. The molecule has 3 aromatic carbocycles. The SMILES string of the molecule is COc1ccc(S(=O)(=O)N(CCO)CCO[C@@H]2C[C@H](c3cccc4c3Cc3ccccc3-4)C=C(C(=O)N3CCC(N4CCCCC4)CC3)O2)cc1. The van der Waals surface area contributed by atoms with Crippen LogP contribution in [0.15, 0.2) is 83.5 Å². The summed E-state index contributed by atoms with van der Waals surface area (Å²) < 4.78 is 46.0. The molecule has 0 saturated carbocycles. The minimum absolute atomic E-state index is 0.00645. The zero-order valence-corrected chi connectivity index (χ0v) is 30.2. The van der Waals surface area contributed by atoms with Gasteiger partial charge in [-0.3, -0.25) is 4.79 Å². The molecule has 2 saturated heterocycles. The average molecular weight is 716 g/mol. The van der Waals surface area contributed by atoms with Crippen molar-refractivity contribution < 1.29 is 32.5 Å². The van der Waals surface area contributed by atoms with Crippen LogP contribution in [-0.2, 0) is 30.7 Å². The van der Waals surface area contributed by atoms with Gasteiger partial charge < -0.3 is 29.1 Å². The highest BCUT2D eigenvalue weighted by atomic mass is 32.2. The van der Waals surface area contributed by atoms with E-state index in [0.717, 1.165) is 37.9 Å². The Labute approximate surface area is 301 Å². The van der Waals surface area contributed by atoms with E-state index in [1.165, 1.54) is 65.1 Å². The molecule has 1 amide bonds. The van der Waals surface area contributed by atoms with Crippen LogP contribution in [0.4, 0.5) is 0 Å². The summed E-state index contributed by atoms with van der Waals surface area (Å²) in [5, 5.41) is 9.75. The topological polar surface area (TPSA) is 109 Å². The Kier molecular flexibility index (Phi) is 11.1. The maximum atomic E-state index is 14.1. The number of benzene rings is 3. The molecule has 2 fully saturated rings. The lowest BCUT2D eigenvalue weighted by molar-refractivity contribution is -0.153. The van der Waals surface area contributed by atoms with Gasteiger partial charge in [0.05, 0.1) is 25.2 Å². The number of nitrogens with zero attached hydrogens (tertiary/aromatic N) is 3. The Morgan fingerprint density at radius 3 is 2.41 bits per heavy atom. The summed E-state index contributed by atoms with van der Waals surface area (Å²) in [6.45, 7) is 3.28. The Morgan fingerprint density at radius 1 is 0.922 bits per heavy atom. The number of methoxy groups -OCH3 is 1. The molecule has 10 nitrogen and oxygen atoms in total. The number of aliphatic hydroxyl groups is 1. The highest BCUT2D eigenvalue weighted by Gasteiger charge is 2.36. The Bertz CT molecular complexity index is 1820. The van der Waals surface area contributed by atoms with Crippen LogP contribution in [0.2, 0.25) is 0 Å². The van der Waals surface area contributed by atoms with E-state index in [1.807, 2.05) is 11.0 Å². The smallest absolute Gasteiger partial charge is 0.288 e. The first kappa shape index (κ1) is 35.7. The maximum absolute atomic E-state index is 14.1. The van der Waals surface area contributed by atoms with Gasteiger partial charge in [-0.2, -0.15) is 4.31 Å². The van der Waals surface area contributed by atoms with Crippen LogP contribution in [0.25, 0.3) is 11.1 Å². The molecule has 7 rings (SSSR count). The van der Waals surface area contributed by atoms with Crippen LogP contribution in [0.3, 0.4) is 0 Å².